The molecular weight excluding hydrogens is 225 g/mol. The van der Waals surface area contributed by atoms with Gasteiger partial charge in [0.05, 0.1) is 5.02 Å². The lowest BCUT2D eigenvalue weighted by Gasteiger charge is -2.19. The highest BCUT2D eigenvalue weighted by atomic mass is 35.5. The molecule has 1 fully saturated rings. The molecule has 88 valence electrons. The maximum atomic E-state index is 13.9. The first-order valence-electron chi connectivity index (χ1n) is 5.89. The summed E-state index contributed by atoms with van der Waals surface area (Å²) < 4.78 is 13.9. The predicted octanol–water partition coefficient (Wildman–Crippen LogP) is 3.93. The van der Waals surface area contributed by atoms with E-state index in [0.717, 1.165) is 18.9 Å². The van der Waals surface area contributed by atoms with E-state index in [-0.39, 0.29) is 16.9 Å². The van der Waals surface area contributed by atoms with E-state index in [1.165, 1.54) is 12.8 Å². The van der Waals surface area contributed by atoms with E-state index in [1.807, 2.05) is 19.1 Å². The van der Waals surface area contributed by atoms with Gasteiger partial charge in [-0.3, -0.25) is 0 Å². The molecule has 1 aromatic rings. The number of rotatable bonds is 5. The monoisotopic (exact) mass is 241 g/mol. The van der Waals surface area contributed by atoms with Crippen molar-refractivity contribution in [1.29, 1.82) is 0 Å². The summed E-state index contributed by atoms with van der Waals surface area (Å²) in [4.78, 5) is 0. The van der Waals surface area contributed by atoms with E-state index in [4.69, 9.17) is 11.6 Å². The van der Waals surface area contributed by atoms with Gasteiger partial charge in [-0.15, -0.1) is 0 Å². The largest absolute Gasteiger partial charge is 0.310 e. The second-order valence-electron chi connectivity index (χ2n) is 4.43. The summed E-state index contributed by atoms with van der Waals surface area (Å²) in [5.74, 6) is 0.498. The summed E-state index contributed by atoms with van der Waals surface area (Å²) in [5, 5.41) is 3.56. The van der Waals surface area contributed by atoms with E-state index < -0.39 is 0 Å². The smallest absolute Gasteiger partial charge is 0.146 e. The third-order valence-corrected chi connectivity index (χ3v) is 3.37. The van der Waals surface area contributed by atoms with Gasteiger partial charge in [0.2, 0.25) is 0 Å². The Labute approximate surface area is 101 Å². The lowest BCUT2D eigenvalue weighted by molar-refractivity contribution is 0.463. The van der Waals surface area contributed by atoms with Crippen molar-refractivity contribution in [1.82, 2.24) is 5.32 Å². The van der Waals surface area contributed by atoms with Crippen molar-refractivity contribution in [3.05, 3.63) is 34.6 Å². The van der Waals surface area contributed by atoms with Gasteiger partial charge in [0, 0.05) is 11.6 Å². The second kappa shape index (κ2) is 5.15. The minimum atomic E-state index is -0.268. The lowest BCUT2D eigenvalue weighted by atomic mass is 10.0. The Bertz CT molecular complexity index is 363. The fourth-order valence-corrected chi connectivity index (χ4v) is 2.22. The number of halogens is 2. The van der Waals surface area contributed by atoms with Crippen LogP contribution in [0.2, 0.25) is 5.02 Å². The normalized spacial score (nSPS) is 17.4. The van der Waals surface area contributed by atoms with E-state index in [2.05, 4.69) is 5.32 Å². The molecule has 1 aromatic carbocycles. The summed E-state index contributed by atoms with van der Waals surface area (Å²) >= 11 is 5.81. The van der Waals surface area contributed by atoms with Crippen LogP contribution in [0.1, 0.15) is 37.8 Å². The van der Waals surface area contributed by atoms with E-state index in [1.54, 1.807) is 6.07 Å². The van der Waals surface area contributed by atoms with Crippen molar-refractivity contribution in [3.8, 4) is 0 Å². The van der Waals surface area contributed by atoms with Crippen LogP contribution in [0.3, 0.4) is 0 Å². The zero-order chi connectivity index (χ0) is 11.5. The number of hydrogen-bond donors (Lipinski definition) is 1. The Kier molecular flexibility index (Phi) is 3.82. The molecule has 0 bridgehead atoms. The summed E-state index contributed by atoms with van der Waals surface area (Å²) in [6.45, 7) is 2.89. The third-order valence-electron chi connectivity index (χ3n) is 3.07. The maximum Gasteiger partial charge on any atom is 0.146 e. The van der Waals surface area contributed by atoms with Crippen LogP contribution in [0, 0.1) is 11.7 Å². The maximum absolute atomic E-state index is 13.9. The minimum absolute atomic E-state index is 0.108. The van der Waals surface area contributed by atoms with Gasteiger partial charge in [0.1, 0.15) is 5.82 Å². The third kappa shape index (κ3) is 2.74. The molecule has 2 rings (SSSR count). The van der Waals surface area contributed by atoms with Gasteiger partial charge in [-0.2, -0.15) is 0 Å². The Morgan fingerprint density at radius 3 is 2.88 bits per heavy atom. The zero-order valence-electron chi connectivity index (χ0n) is 9.47. The van der Waals surface area contributed by atoms with Gasteiger partial charge < -0.3 is 5.32 Å². The molecule has 0 aliphatic heterocycles. The molecule has 0 aromatic heterocycles. The van der Waals surface area contributed by atoms with Crippen molar-refractivity contribution in [2.45, 2.75) is 32.2 Å². The highest BCUT2D eigenvalue weighted by Crippen LogP contribution is 2.38. The van der Waals surface area contributed by atoms with Crippen molar-refractivity contribution in [3.63, 3.8) is 0 Å². The molecule has 1 unspecified atom stereocenters. The average molecular weight is 242 g/mol. The molecular formula is C13H17ClFN. The minimum Gasteiger partial charge on any atom is -0.310 e. The molecule has 3 heteroatoms. The summed E-state index contributed by atoms with van der Waals surface area (Å²) in [6.07, 6.45) is 3.58. The summed E-state index contributed by atoms with van der Waals surface area (Å²) in [5.41, 5.74) is 0.709. The van der Waals surface area contributed by atoms with Crippen LogP contribution >= 0.6 is 11.6 Å². The Balaban J connectivity index is 2.18. The van der Waals surface area contributed by atoms with Crippen molar-refractivity contribution in [2.75, 3.05) is 6.54 Å². The molecule has 16 heavy (non-hydrogen) atoms. The fourth-order valence-electron chi connectivity index (χ4n) is 2.04. The molecule has 0 heterocycles. The second-order valence-corrected chi connectivity index (χ2v) is 4.84. The van der Waals surface area contributed by atoms with Crippen molar-refractivity contribution >= 4 is 11.6 Å². The van der Waals surface area contributed by atoms with E-state index >= 15 is 0 Å². The van der Waals surface area contributed by atoms with Crippen molar-refractivity contribution in [2.24, 2.45) is 5.92 Å². The van der Waals surface area contributed by atoms with Crippen LogP contribution in [0.5, 0.6) is 0 Å². The lowest BCUT2D eigenvalue weighted by Crippen LogP contribution is -2.22. The Morgan fingerprint density at radius 1 is 1.50 bits per heavy atom. The van der Waals surface area contributed by atoms with Gasteiger partial charge in [0.25, 0.3) is 0 Å². The quantitative estimate of drug-likeness (QED) is 0.824. The first-order valence-corrected chi connectivity index (χ1v) is 6.27. The van der Waals surface area contributed by atoms with Crippen LogP contribution in [0.4, 0.5) is 4.39 Å². The predicted molar refractivity (Wildman–Crippen MR) is 65.2 cm³/mol. The highest BCUT2D eigenvalue weighted by Gasteiger charge is 2.27. The topological polar surface area (TPSA) is 12.0 Å². The zero-order valence-corrected chi connectivity index (χ0v) is 10.2. The molecule has 0 spiro atoms. The van der Waals surface area contributed by atoms with Crippen LogP contribution in [0.15, 0.2) is 18.2 Å². The Morgan fingerprint density at radius 2 is 2.25 bits per heavy atom. The molecule has 1 atom stereocenters. The summed E-state index contributed by atoms with van der Waals surface area (Å²) in [7, 11) is 0. The Hall–Kier alpha value is -0.600. The number of nitrogens with one attached hydrogen (secondary N) is 1. The van der Waals surface area contributed by atoms with E-state index in [0.29, 0.717) is 5.56 Å². The summed E-state index contributed by atoms with van der Waals surface area (Å²) in [6, 6.07) is 5.35. The van der Waals surface area contributed by atoms with Crippen LogP contribution in [0.25, 0.3) is 0 Å². The van der Waals surface area contributed by atoms with Gasteiger partial charge in [0.15, 0.2) is 0 Å². The molecule has 0 saturated heterocycles. The molecule has 1 N–H and O–H groups in total. The highest BCUT2D eigenvalue weighted by molar-refractivity contribution is 6.30. The molecule has 0 amide bonds. The average Bonchev–Trinajstić information content (AvgIpc) is 3.06. The molecule has 1 aliphatic carbocycles. The van der Waals surface area contributed by atoms with Gasteiger partial charge in [-0.05, 0) is 24.9 Å². The number of benzene rings is 1. The van der Waals surface area contributed by atoms with E-state index in [9.17, 15) is 4.39 Å². The molecule has 1 aliphatic rings. The fraction of sp³-hybridized carbons (Fsp3) is 0.538. The molecule has 1 nitrogen and oxygen atoms in total. The van der Waals surface area contributed by atoms with Crippen molar-refractivity contribution < 1.29 is 4.39 Å². The standard InChI is InChI=1S/C13H17ClFN/c1-2-16-12(8-9-6-7-9)10-4-3-5-11(14)13(10)15/h3-5,9,12,16H,2,6-8H2,1H3. The van der Waals surface area contributed by atoms with Gasteiger partial charge in [-0.1, -0.05) is 43.5 Å². The first kappa shape index (κ1) is 11.9. The SMILES string of the molecule is CCNC(CC1CC1)c1cccc(Cl)c1F. The van der Waals surface area contributed by atoms with Gasteiger partial charge in [-0.25, -0.2) is 4.39 Å². The van der Waals surface area contributed by atoms with Gasteiger partial charge >= 0.3 is 0 Å². The first-order chi connectivity index (χ1) is 7.72. The molecule has 0 radical (unpaired) electrons. The van der Waals surface area contributed by atoms with Crippen LogP contribution in [-0.2, 0) is 0 Å². The molecule has 1 saturated carbocycles. The van der Waals surface area contributed by atoms with Crippen LogP contribution in [-0.4, -0.2) is 6.54 Å². The van der Waals surface area contributed by atoms with Crippen LogP contribution < -0.4 is 5.32 Å². The number of hydrogen-bond acceptors (Lipinski definition) is 1.